The molecule has 0 radical (unpaired) electrons. The Morgan fingerprint density at radius 3 is 2.57 bits per heavy atom. The van der Waals surface area contributed by atoms with Crippen molar-refractivity contribution in [2.45, 2.75) is 6.23 Å². The highest BCUT2D eigenvalue weighted by atomic mass is 16.6. The van der Waals surface area contributed by atoms with E-state index in [0.29, 0.717) is 37.5 Å². The molecule has 6 heteroatoms. The molecule has 0 spiro atoms. The minimum Gasteiger partial charge on any atom is -0.459 e. The third-order valence-corrected chi connectivity index (χ3v) is 4.33. The van der Waals surface area contributed by atoms with Gasteiger partial charge < -0.3 is 14.1 Å². The third kappa shape index (κ3) is 2.41. The molecule has 1 fully saturated rings. The van der Waals surface area contributed by atoms with Gasteiger partial charge in [-0.1, -0.05) is 18.2 Å². The summed E-state index contributed by atoms with van der Waals surface area (Å²) in [6.07, 6.45) is 1.15. The first-order chi connectivity index (χ1) is 11.2. The summed E-state index contributed by atoms with van der Waals surface area (Å²) in [4.78, 5) is 28.0. The molecule has 0 N–H and O–H groups in total. The van der Waals surface area contributed by atoms with Crippen LogP contribution in [-0.2, 0) is 4.74 Å². The van der Waals surface area contributed by atoms with Gasteiger partial charge in [-0.05, 0) is 18.2 Å². The fourth-order valence-electron chi connectivity index (χ4n) is 3.11. The fraction of sp³-hybridized carbons (Fsp3) is 0.294. The average Bonchev–Trinajstić information content (AvgIpc) is 3.23. The van der Waals surface area contributed by atoms with Crippen LogP contribution in [0.15, 0.2) is 47.1 Å². The lowest BCUT2D eigenvalue weighted by molar-refractivity contribution is -0.0388. The van der Waals surface area contributed by atoms with E-state index in [1.165, 1.54) is 6.26 Å². The maximum absolute atomic E-state index is 12.3. The predicted octanol–water partition coefficient (Wildman–Crippen LogP) is 1.91. The van der Waals surface area contributed by atoms with E-state index < -0.39 is 0 Å². The minimum atomic E-state index is -0.348. The molecular formula is C17H16N2O4. The molecular weight excluding hydrogens is 296 g/mol. The number of hydrogen-bond acceptors (Lipinski definition) is 5. The predicted molar refractivity (Wildman–Crippen MR) is 80.8 cm³/mol. The van der Waals surface area contributed by atoms with Gasteiger partial charge in [0.25, 0.3) is 5.91 Å². The van der Waals surface area contributed by atoms with Crippen LogP contribution in [0.5, 0.6) is 0 Å². The van der Waals surface area contributed by atoms with Crippen molar-refractivity contribution in [3.8, 4) is 0 Å². The second-order valence-corrected chi connectivity index (χ2v) is 5.65. The van der Waals surface area contributed by atoms with Crippen LogP contribution in [0.4, 0.5) is 0 Å². The normalized spacial score (nSPS) is 21.1. The van der Waals surface area contributed by atoms with Gasteiger partial charge in [-0.3, -0.25) is 9.69 Å². The van der Waals surface area contributed by atoms with Gasteiger partial charge in [0, 0.05) is 31.7 Å². The van der Waals surface area contributed by atoms with Crippen LogP contribution in [0, 0.1) is 0 Å². The highest BCUT2D eigenvalue weighted by molar-refractivity contribution is 5.94. The number of nitrogens with zero attached hydrogens (tertiary/aromatic N) is 2. The van der Waals surface area contributed by atoms with Gasteiger partial charge in [0.2, 0.25) is 0 Å². The van der Waals surface area contributed by atoms with Crippen LogP contribution in [-0.4, -0.2) is 47.9 Å². The molecule has 23 heavy (non-hydrogen) atoms. The molecule has 1 saturated heterocycles. The average molecular weight is 312 g/mol. The molecule has 118 valence electrons. The third-order valence-electron chi connectivity index (χ3n) is 4.33. The minimum absolute atomic E-state index is 0.0986. The van der Waals surface area contributed by atoms with Crippen molar-refractivity contribution in [2.24, 2.45) is 0 Å². The van der Waals surface area contributed by atoms with Crippen molar-refractivity contribution in [3.63, 3.8) is 0 Å². The number of fused-ring (bicyclic) bond motifs is 1. The summed E-state index contributed by atoms with van der Waals surface area (Å²) in [5, 5.41) is 0. The summed E-state index contributed by atoms with van der Waals surface area (Å²) in [6.45, 7) is 2.46. The van der Waals surface area contributed by atoms with E-state index in [0.717, 1.165) is 5.56 Å². The molecule has 2 aliphatic heterocycles. The number of furan rings is 1. The lowest BCUT2D eigenvalue weighted by Gasteiger charge is -2.36. The van der Waals surface area contributed by atoms with E-state index in [9.17, 15) is 9.59 Å². The van der Waals surface area contributed by atoms with Crippen molar-refractivity contribution in [2.75, 3.05) is 26.2 Å². The maximum Gasteiger partial charge on any atom is 0.340 e. The topological polar surface area (TPSA) is 63.0 Å². The Labute approximate surface area is 133 Å². The molecule has 0 unspecified atom stereocenters. The van der Waals surface area contributed by atoms with Crippen LogP contribution in [0.2, 0.25) is 0 Å². The van der Waals surface area contributed by atoms with Crippen LogP contribution in [0.1, 0.15) is 32.7 Å². The largest absolute Gasteiger partial charge is 0.459 e. The number of cyclic esters (lactones) is 1. The number of amides is 1. The summed E-state index contributed by atoms with van der Waals surface area (Å²) >= 11 is 0. The standard InChI is InChI=1S/C17H16N2O4/c20-15(14-6-3-11-22-14)18-7-9-19(10-8-18)16-12-4-1-2-5-13(12)17(21)23-16/h1-6,11,16H,7-10H2/t16-/m0/s1. The molecule has 1 amide bonds. The number of piperazine rings is 1. The molecule has 3 heterocycles. The number of ether oxygens (including phenoxy) is 1. The second-order valence-electron chi connectivity index (χ2n) is 5.65. The summed E-state index contributed by atoms with van der Waals surface area (Å²) in [6, 6.07) is 10.8. The monoisotopic (exact) mass is 312 g/mol. The van der Waals surface area contributed by atoms with Gasteiger partial charge in [0.05, 0.1) is 11.8 Å². The van der Waals surface area contributed by atoms with Crippen molar-refractivity contribution in [3.05, 3.63) is 59.5 Å². The van der Waals surface area contributed by atoms with E-state index in [1.54, 1.807) is 23.1 Å². The van der Waals surface area contributed by atoms with Gasteiger partial charge in [0.15, 0.2) is 12.0 Å². The Kier molecular flexibility index (Phi) is 3.38. The van der Waals surface area contributed by atoms with Crippen LogP contribution in [0.25, 0.3) is 0 Å². The van der Waals surface area contributed by atoms with Crippen LogP contribution >= 0.6 is 0 Å². The summed E-state index contributed by atoms with van der Waals surface area (Å²) in [5.41, 5.74) is 1.54. The van der Waals surface area contributed by atoms with Crippen LogP contribution in [0.3, 0.4) is 0 Å². The highest BCUT2D eigenvalue weighted by Crippen LogP contribution is 2.33. The smallest absolute Gasteiger partial charge is 0.340 e. The molecule has 1 atom stereocenters. The van der Waals surface area contributed by atoms with E-state index >= 15 is 0 Å². The van der Waals surface area contributed by atoms with Gasteiger partial charge in [0.1, 0.15) is 0 Å². The lowest BCUT2D eigenvalue weighted by Crippen LogP contribution is -2.49. The molecule has 4 rings (SSSR count). The molecule has 2 aromatic rings. The first-order valence-corrected chi connectivity index (χ1v) is 7.61. The number of esters is 1. The molecule has 1 aromatic carbocycles. The van der Waals surface area contributed by atoms with Gasteiger partial charge in [-0.25, -0.2) is 4.79 Å². The Morgan fingerprint density at radius 1 is 1.04 bits per heavy atom. The van der Waals surface area contributed by atoms with Crippen molar-refractivity contribution in [1.29, 1.82) is 0 Å². The van der Waals surface area contributed by atoms with E-state index in [1.807, 2.05) is 18.2 Å². The van der Waals surface area contributed by atoms with Crippen LogP contribution < -0.4 is 0 Å². The molecule has 2 aliphatic rings. The number of carbonyl (C=O) groups excluding carboxylic acids is 2. The van der Waals surface area contributed by atoms with Gasteiger partial charge in [-0.15, -0.1) is 0 Å². The number of benzene rings is 1. The van der Waals surface area contributed by atoms with Gasteiger partial charge in [-0.2, -0.15) is 0 Å². The van der Waals surface area contributed by atoms with E-state index in [-0.39, 0.29) is 18.1 Å². The van der Waals surface area contributed by atoms with E-state index in [2.05, 4.69) is 4.90 Å². The number of rotatable bonds is 2. The zero-order valence-electron chi connectivity index (χ0n) is 12.5. The first-order valence-electron chi connectivity index (χ1n) is 7.61. The van der Waals surface area contributed by atoms with Crippen molar-refractivity contribution in [1.82, 2.24) is 9.80 Å². The van der Waals surface area contributed by atoms with Crippen molar-refractivity contribution < 1.29 is 18.7 Å². The number of hydrogen-bond donors (Lipinski definition) is 0. The molecule has 0 aliphatic carbocycles. The Morgan fingerprint density at radius 2 is 1.83 bits per heavy atom. The first kappa shape index (κ1) is 14.0. The SMILES string of the molecule is O=C1O[C@H](N2CCN(C(=O)c3ccco3)CC2)c2ccccc21. The van der Waals surface area contributed by atoms with Crippen molar-refractivity contribution >= 4 is 11.9 Å². The zero-order chi connectivity index (χ0) is 15.8. The number of carbonyl (C=O) groups is 2. The Balaban J connectivity index is 1.45. The maximum atomic E-state index is 12.3. The summed E-state index contributed by atoms with van der Waals surface area (Å²) < 4.78 is 10.7. The summed E-state index contributed by atoms with van der Waals surface area (Å²) in [7, 11) is 0. The highest BCUT2D eigenvalue weighted by Gasteiger charge is 2.37. The molecule has 0 saturated carbocycles. The molecule has 6 nitrogen and oxygen atoms in total. The quantitative estimate of drug-likeness (QED) is 0.793. The molecule has 1 aromatic heterocycles. The lowest BCUT2D eigenvalue weighted by atomic mass is 10.1. The van der Waals surface area contributed by atoms with E-state index in [4.69, 9.17) is 9.15 Å². The van der Waals surface area contributed by atoms with Gasteiger partial charge >= 0.3 is 5.97 Å². The Bertz CT molecular complexity index is 733. The fourth-order valence-corrected chi connectivity index (χ4v) is 3.11. The molecule has 0 bridgehead atoms. The summed E-state index contributed by atoms with van der Waals surface area (Å²) in [5.74, 6) is -0.0192. The Hall–Kier alpha value is -2.60. The second kappa shape index (κ2) is 5.55. The zero-order valence-corrected chi connectivity index (χ0v) is 12.5.